The Labute approximate surface area is 147 Å². The van der Waals surface area contributed by atoms with E-state index >= 15 is 0 Å². The molecule has 0 saturated heterocycles. The monoisotopic (exact) mass is 425 g/mol. The Morgan fingerprint density at radius 1 is 1.14 bits per heavy atom. The van der Waals surface area contributed by atoms with E-state index < -0.39 is 6.10 Å². The molecule has 0 spiro atoms. The molecule has 116 valence electrons. The van der Waals surface area contributed by atoms with Crippen molar-refractivity contribution in [3.63, 3.8) is 0 Å². The molecule has 1 atom stereocenters. The molecule has 0 fully saturated rings. The smallest absolute Gasteiger partial charge is 0.265 e. The van der Waals surface area contributed by atoms with Crippen molar-refractivity contribution in [2.24, 2.45) is 0 Å². The number of ether oxygens (including phenoxy) is 1. The van der Waals surface area contributed by atoms with Crippen LogP contribution in [0.15, 0.2) is 45.3 Å². The molecule has 2 aromatic rings. The number of carbonyl (C=O) groups excluding carboxylic acids is 1. The molecule has 0 radical (unpaired) electrons. The second-order valence-electron chi connectivity index (χ2n) is 5.14. The van der Waals surface area contributed by atoms with E-state index in [4.69, 9.17) is 4.74 Å². The zero-order chi connectivity index (χ0) is 16.3. The summed E-state index contributed by atoms with van der Waals surface area (Å²) in [5.41, 5.74) is 3.00. The first-order valence-electron chi connectivity index (χ1n) is 6.86. The molecule has 0 heterocycles. The number of halogens is 2. The number of benzene rings is 2. The maximum atomic E-state index is 12.3. The summed E-state index contributed by atoms with van der Waals surface area (Å²) >= 11 is 6.81. The van der Waals surface area contributed by atoms with Crippen LogP contribution < -0.4 is 10.1 Å². The van der Waals surface area contributed by atoms with Gasteiger partial charge in [0.1, 0.15) is 5.75 Å². The number of aryl methyl sites for hydroxylation is 2. The molecule has 1 amide bonds. The standard InChI is InChI=1S/C17H17Br2NO2/c1-10-4-6-15(11(2)8-10)20-17(21)12(3)22-16-7-5-13(18)9-14(16)19/h4-9,12H,1-3H3,(H,20,21)/t12-/m1/s1. The van der Waals surface area contributed by atoms with E-state index in [2.05, 4.69) is 37.2 Å². The van der Waals surface area contributed by atoms with E-state index in [0.29, 0.717) is 5.75 Å². The van der Waals surface area contributed by atoms with Crippen molar-refractivity contribution in [1.82, 2.24) is 0 Å². The molecule has 3 nitrogen and oxygen atoms in total. The van der Waals surface area contributed by atoms with E-state index in [1.54, 1.807) is 6.92 Å². The van der Waals surface area contributed by atoms with Crippen LogP contribution in [0.3, 0.4) is 0 Å². The fourth-order valence-electron chi connectivity index (χ4n) is 2.00. The van der Waals surface area contributed by atoms with Gasteiger partial charge in [-0.25, -0.2) is 0 Å². The lowest BCUT2D eigenvalue weighted by Crippen LogP contribution is -2.30. The van der Waals surface area contributed by atoms with E-state index in [9.17, 15) is 4.79 Å². The average Bonchev–Trinajstić information content (AvgIpc) is 2.44. The van der Waals surface area contributed by atoms with Gasteiger partial charge in [-0.1, -0.05) is 33.6 Å². The molecule has 0 aliphatic heterocycles. The van der Waals surface area contributed by atoms with Crippen molar-refractivity contribution < 1.29 is 9.53 Å². The molecule has 0 aliphatic carbocycles. The topological polar surface area (TPSA) is 38.3 Å². The summed E-state index contributed by atoms with van der Waals surface area (Å²) in [5, 5.41) is 2.90. The Bertz CT molecular complexity index is 701. The van der Waals surface area contributed by atoms with Crippen molar-refractivity contribution in [2.75, 3.05) is 5.32 Å². The molecule has 5 heteroatoms. The maximum Gasteiger partial charge on any atom is 0.265 e. The summed E-state index contributed by atoms with van der Waals surface area (Å²) < 4.78 is 7.46. The predicted molar refractivity (Wildman–Crippen MR) is 96.5 cm³/mol. The number of nitrogens with one attached hydrogen (secondary N) is 1. The van der Waals surface area contributed by atoms with Gasteiger partial charge in [-0.15, -0.1) is 0 Å². The highest BCUT2D eigenvalue weighted by Crippen LogP contribution is 2.29. The van der Waals surface area contributed by atoms with Gasteiger partial charge in [-0.3, -0.25) is 4.79 Å². The molecule has 22 heavy (non-hydrogen) atoms. The van der Waals surface area contributed by atoms with Crippen molar-refractivity contribution in [3.8, 4) is 5.75 Å². The minimum atomic E-state index is -0.599. The van der Waals surface area contributed by atoms with Crippen LogP contribution in [0.2, 0.25) is 0 Å². The first kappa shape index (κ1) is 17.0. The van der Waals surface area contributed by atoms with Crippen LogP contribution in [0.5, 0.6) is 5.75 Å². The normalized spacial score (nSPS) is 11.9. The largest absolute Gasteiger partial charge is 0.480 e. The van der Waals surface area contributed by atoms with Crippen LogP contribution in [0.25, 0.3) is 0 Å². The van der Waals surface area contributed by atoms with Crippen LogP contribution in [0.1, 0.15) is 18.1 Å². The number of amides is 1. The molecule has 0 bridgehead atoms. The molecule has 0 aromatic heterocycles. The molecular weight excluding hydrogens is 410 g/mol. The van der Waals surface area contributed by atoms with E-state index in [-0.39, 0.29) is 5.91 Å². The van der Waals surface area contributed by atoms with Gasteiger partial charge in [-0.05, 0) is 66.5 Å². The Morgan fingerprint density at radius 3 is 2.50 bits per heavy atom. The molecule has 0 aliphatic rings. The molecule has 2 rings (SSSR count). The second kappa shape index (κ2) is 7.29. The number of hydrogen-bond donors (Lipinski definition) is 1. The van der Waals surface area contributed by atoms with Gasteiger partial charge in [-0.2, -0.15) is 0 Å². The SMILES string of the molecule is Cc1ccc(NC(=O)[C@@H](C)Oc2ccc(Br)cc2Br)c(C)c1. The van der Waals surface area contributed by atoms with Crippen LogP contribution >= 0.6 is 31.9 Å². The fraction of sp³-hybridized carbons (Fsp3) is 0.235. The number of hydrogen-bond acceptors (Lipinski definition) is 2. The highest BCUT2D eigenvalue weighted by Gasteiger charge is 2.17. The third-order valence-electron chi connectivity index (χ3n) is 3.21. The summed E-state index contributed by atoms with van der Waals surface area (Å²) in [4.78, 5) is 12.3. The summed E-state index contributed by atoms with van der Waals surface area (Å²) in [7, 11) is 0. The van der Waals surface area contributed by atoms with Crippen LogP contribution in [0, 0.1) is 13.8 Å². The summed E-state index contributed by atoms with van der Waals surface area (Å²) in [6, 6.07) is 11.5. The molecular formula is C17H17Br2NO2. The first-order chi connectivity index (χ1) is 10.4. The lowest BCUT2D eigenvalue weighted by atomic mass is 10.1. The van der Waals surface area contributed by atoms with E-state index in [1.165, 1.54) is 5.56 Å². The first-order valence-corrected chi connectivity index (χ1v) is 8.45. The second-order valence-corrected chi connectivity index (χ2v) is 6.91. The van der Waals surface area contributed by atoms with Gasteiger partial charge >= 0.3 is 0 Å². The van der Waals surface area contributed by atoms with E-state index in [0.717, 1.165) is 20.2 Å². The highest BCUT2D eigenvalue weighted by atomic mass is 79.9. The Hall–Kier alpha value is -1.33. The summed E-state index contributed by atoms with van der Waals surface area (Å²) in [5.74, 6) is 0.452. The predicted octanol–water partition coefficient (Wildman–Crippen LogP) is 5.23. The van der Waals surface area contributed by atoms with Gasteiger partial charge in [0.05, 0.1) is 4.47 Å². The Balaban J connectivity index is 2.05. The molecule has 2 aromatic carbocycles. The highest BCUT2D eigenvalue weighted by molar-refractivity contribution is 9.11. The van der Waals surface area contributed by atoms with Crippen LogP contribution in [0.4, 0.5) is 5.69 Å². The van der Waals surface area contributed by atoms with Crippen LogP contribution in [-0.2, 0) is 4.79 Å². The zero-order valence-corrected chi connectivity index (χ0v) is 15.8. The van der Waals surface area contributed by atoms with Gasteiger partial charge in [0.15, 0.2) is 6.10 Å². The van der Waals surface area contributed by atoms with E-state index in [1.807, 2.05) is 50.2 Å². The minimum Gasteiger partial charge on any atom is -0.480 e. The van der Waals surface area contributed by atoms with Crippen molar-refractivity contribution in [2.45, 2.75) is 26.9 Å². The van der Waals surface area contributed by atoms with Gasteiger partial charge in [0, 0.05) is 10.2 Å². The lowest BCUT2D eigenvalue weighted by Gasteiger charge is -2.17. The zero-order valence-electron chi connectivity index (χ0n) is 12.6. The van der Waals surface area contributed by atoms with Crippen molar-refractivity contribution in [3.05, 3.63) is 56.5 Å². The molecule has 0 unspecified atom stereocenters. The maximum absolute atomic E-state index is 12.3. The number of rotatable bonds is 4. The molecule has 1 N–H and O–H groups in total. The number of anilines is 1. The van der Waals surface area contributed by atoms with Crippen molar-refractivity contribution in [1.29, 1.82) is 0 Å². The number of carbonyl (C=O) groups is 1. The van der Waals surface area contributed by atoms with Crippen molar-refractivity contribution >= 4 is 43.5 Å². The summed E-state index contributed by atoms with van der Waals surface area (Å²) in [6.07, 6.45) is -0.599. The third kappa shape index (κ3) is 4.34. The quantitative estimate of drug-likeness (QED) is 0.726. The lowest BCUT2D eigenvalue weighted by molar-refractivity contribution is -0.122. The minimum absolute atomic E-state index is 0.179. The van der Waals surface area contributed by atoms with Gasteiger partial charge < -0.3 is 10.1 Å². The van der Waals surface area contributed by atoms with Gasteiger partial charge in [0.25, 0.3) is 5.91 Å². The van der Waals surface area contributed by atoms with Crippen LogP contribution in [-0.4, -0.2) is 12.0 Å². The average molecular weight is 427 g/mol. The Kier molecular flexibility index (Phi) is 5.64. The summed E-state index contributed by atoms with van der Waals surface area (Å²) in [6.45, 7) is 5.72. The Morgan fingerprint density at radius 2 is 1.86 bits per heavy atom. The van der Waals surface area contributed by atoms with Gasteiger partial charge in [0.2, 0.25) is 0 Å². The third-order valence-corrected chi connectivity index (χ3v) is 4.32. The molecule has 0 saturated carbocycles. The fourth-order valence-corrected chi connectivity index (χ4v) is 3.14.